The van der Waals surface area contributed by atoms with Crippen LogP contribution in [-0.4, -0.2) is 27.7 Å². The van der Waals surface area contributed by atoms with Crippen molar-refractivity contribution in [2.24, 2.45) is 0 Å². The fraction of sp³-hybridized carbons (Fsp3) is 0.0455. The van der Waals surface area contributed by atoms with Crippen LogP contribution in [0.1, 0.15) is 42.2 Å². The van der Waals surface area contributed by atoms with E-state index in [1.54, 1.807) is 60.0 Å². The second-order valence-electron chi connectivity index (χ2n) is 6.59. The summed E-state index contributed by atoms with van der Waals surface area (Å²) >= 11 is 6.39. The number of amides is 3. The Bertz CT molecular complexity index is 1230. The summed E-state index contributed by atoms with van der Waals surface area (Å²) in [7, 11) is 0. The molecule has 4 rings (SSSR count). The zero-order valence-electron chi connectivity index (χ0n) is 15.9. The molecule has 2 N–H and O–H groups in total. The van der Waals surface area contributed by atoms with Crippen molar-refractivity contribution in [2.75, 3.05) is 5.32 Å². The predicted molar refractivity (Wildman–Crippen MR) is 120 cm³/mol. The molecular weight excluding hydrogens is 432 g/mol. The minimum absolute atomic E-state index is 0.0312. The highest BCUT2D eigenvalue weighted by atomic mass is 32.1. The first-order valence-electron chi connectivity index (χ1n) is 9.12. The molecular formula is C22H14N4O3S2. The molecule has 0 radical (unpaired) electrons. The van der Waals surface area contributed by atoms with Crippen LogP contribution in [0.15, 0.2) is 60.0 Å². The third-order valence-electron chi connectivity index (χ3n) is 4.68. The van der Waals surface area contributed by atoms with Crippen molar-refractivity contribution in [1.29, 1.82) is 5.26 Å². The van der Waals surface area contributed by atoms with Gasteiger partial charge in [0.05, 0.1) is 23.2 Å². The summed E-state index contributed by atoms with van der Waals surface area (Å²) in [6.45, 7) is -0.0312. The Morgan fingerprint density at radius 1 is 1.03 bits per heavy atom. The first kappa shape index (κ1) is 20.4. The SMILES string of the molecule is N#Cc1c(CN2C(=O)c3ccccc3C2=O)csc1NC(=S)NC(=O)c1ccccc1. The van der Waals surface area contributed by atoms with Crippen molar-refractivity contribution in [1.82, 2.24) is 10.2 Å². The van der Waals surface area contributed by atoms with E-state index in [0.29, 0.717) is 27.3 Å². The smallest absolute Gasteiger partial charge is 0.261 e. The van der Waals surface area contributed by atoms with Crippen LogP contribution in [0.4, 0.5) is 5.00 Å². The molecule has 1 aliphatic rings. The van der Waals surface area contributed by atoms with Crippen LogP contribution < -0.4 is 10.6 Å². The lowest BCUT2D eigenvalue weighted by Crippen LogP contribution is -2.34. The Kier molecular flexibility index (Phi) is 5.58. The van der Waals surface area contributed by atoms with Gasteiger partial charge in [-0.1, -0.05) is 30.3 Å². The van der Waals surface area contributed by atoms with Gasteiger partial charge in [-0.2, -0.15) is 5.26 Å². The quantitative estimate of drug-likeness (QED) is 0.469. The lowest BCUT2D eigenvalue weighted by Gasteiger charge is -2.13. The molecule has 2 aromatic carbocycles. The monoisotopic (exact) mass is 446 g/mol. The standard InChI is InChI=1S/C22H14N4O3S2/c23-10-17-14(11-26-20(28)15-8-4-5-9-16(15)21(26)29)12-31-19(17)25-22(30)24-18(27)13-6-2-1-3-7-13/h1-9,12H,11H2,(H2,24,25,27,30). The number of carbonyl (C=O) groups is 3. The van der Waals surface area contributed by atoms with Gasteiger partial charge in [-0.3, -0.25) is 24.6 Å². The number of fused-ring (bicyclic) bond motifs is 1. The molecule has 1 aliphatic heterocycles. The number of thiophene rings is 1. The number of nitrogens with zero attached hydrogens (tertiary/aromatic N) is 2. The molecule has 3 amide bonds. The molecule has 3 aromatic rings. The fourth-order valence-corrected chi connectivity index (χ4v) is 4.34. The van der Waals surface area contributed by atoms with Crippen molar-refractivity contribution in [3.63, 3.8) is 0 Å². The lowest BCUT2D eigenvalue weighted by molar-refractivity contribution is 0.0642. The van der Waals surface area contributed by atoms with E-state index in [9.17, 15) is 19.6 Å². The molecule has 31 heavy (non-hydrogen) atoms. The molecule has 0 aliphatic carbocycles. The summed E-state index contributed by atoms with van der Waals surface area (Å²) in [5, 5.41) is 17.2. The molecule has 0 fully saturated rings. The van der Waals surface area contributed by atoms with Crippen molar-refractivity contribution in [3.05, 3.63) is 87.8 Å². The van der Waals surface area contributed by atoms with Gasteiger partial charge >= 0.3 is 0 Å². The number of hydrogen-bond acceptors (Lipinski definition) is 6. The van der Waals surface area contributed by atoms with Gasteiger partial charge in [0, 0.05) is 11.1 Å². The van der Waals surface area contributed by atoms with Gasteiger partial charge in [0.1, 0.15) is 11.1 Å². The predicted octanol–water partition coefficient (Wildman–Crippen LogP) is 3.54. The third kappa shape index (κ3) is 3.94. The van der Waals surface area contributed by atoms with Crippen LogP contribution in [0.3, 0.4) is 0 Å². The molecule has 1 aromatic heterocycles. The summed E-state index contributed by atoms with van der Waals surface area (Å²) in [5.74, 6) is -1.16. The topological polar surface area (TPSA) is 102 Å². The molecule has 0 atom stereocenters. The Morgan fingerprint density at radius 2 is 1.65 bits per heavy atom. The average molecular weight is 447 g/mol. The van der Waals surface area contributed by atoms with E-state index in [1.807, 2.05) is 0 Å². The fourth-order valence-electron chi connectivity index (χ4n) is 3.18. The Balaban J connectivity index is 1.48. The first-order chi connectivity index (χ1) is 15.0. The van der Waals surface area contributed by atoms with Gasteiger partial charge in [0.25, 0.3) is 17.7 Å². The molecule has 9 heteroatoms. The van der Waals surface area contributed by atoms with E-state index in [0.717, 1.165) is 4.90 Å². The van der Waals surface area contributed by atoms with Crippen LogP contribution in [0.2, 0.25) is 0 Å². The Hall–Kier alpha value is -3.87. The molecule has 7 nitrogen and oxygen atoms in total. The van der Waals surface area contributed by atoms with Crippen LogP contribution in [-0.2, 0) is 6.54 Å². The zero-order valence-corrected chi connectivity index (χ0v) is 17.5. The lowest BCUT2D eigenvalue weighted by atomic mass is 10.1. The number of hydrogen-bond donors (Lipinski definition) is 2. The van der Waals surface area contributed by atoms with Gasteiger partial charge in [-0.15, -0.1) is 11.3 Å². The van der Waals surface area contributed by atoms with Crippen molar-refractivity contribution in [3.8, 4) is 6.07 Å². The zero-order chi connectivity index (χ0) is 22.0. The van der Waals surface area contributed by atoms with E-state index >= 15 is 0 Å². The van der Waals surface area contributed by atoms with Crippen LogP contribution in [0.5, 0.6) is 0 Å². The number of nitriles is 1. The Morgan fingerprint density at radius 3 is 2.26 bits per heavy atom. The number of rotatable bonds is 4. The number of thiocarbonyl (C=S) groups is 1. The summed E-state index contributed by atoms with van der Waals surface area (Å²) in [6, 6.07) is 17.3. The van der Waals surface area contributed by atoms with Crippen molar-refractivity contribution >= 4 is 51.4 Å². The molecule has 0 saturated carbocycles. The minimum Gasteiger partial charge on any atom is -0.323 e. The number of benzene rings is 2. The second kappa shape index (κ2) is 8.47. The van der Waals surface area contributed by atoms with E-state index in [2.05, 4.69) is 16.7 Å². The summed E-state index contributed by atoms with van der Waals surface area (Å²) in [6.07, 6.45) is 0. The van der Waals surface area contributed by atoms with Gasteiger partial charge in [-0.25, -0.2) is 0 Å². The molecule has 152 valence electrons. The second-order valence-corrected chi connectivity index (χ2v) is 7.88. The summed E-state index contributed by atoms with van der Waals surface area (Å²) in [4.78, 5) is 38.5. The minimum atomic E-state index is -0.393. The summed E-state index contributed by atoms with van der Waals surface area (Å²) in [5.41, 5.74) is 1.93. The first-order valence-corrected chi connectivity index (χ1v) is 10.4. The molecule has 0 saturated heterocycles. The van der Waals surface area contributed by atoms with E-state index in [-0.39, 0.29) is 23.1 Å². The van der Waals surface area contributed by atoms with E-state index in [4.69, 9.17) is 12.2 Å². The molecule has 0 spiro atoms. The molecule has 0 unspecified atom stereocenters. The molecule has 0 bridgehead atoms. The third-order valence-corrected chi connectivity index (χ3v) is 5.82. The van der Waals surface area contributed by atoms with Gasteiger partial charge in [0.2, 0.25) is 0 Å². The van der Waals surface area contributed by atoms with E-state index < -0.39 is 11.8 Å². The highest BCUT2D eigenvalue weighted by Crippen LogP contribution is 2.31. The van der Waals surface area contributed by atoms with E-state index in [1.165, 1.54) is 11.3 Å². The van der Waals surface area contributed by atoms with Crippen LogP contribution in [0.25, 0.3) is 0 Å². The van der Waals surface area contributed by atoms with Crippen LogP contribution >= 0.6 is 23.6 Å². The number of imide groups is 1. The normalized spacial score (nSPS) is 12.3. The number of carbonyl (C=O) groups excluding carboxylic acids is 3. The van der Waals surface area contributed by atoms with Crippen molar-refractivity contribution in [2.45, 2.75) is 6.54 Å². The maximum absolute atomic E-state index is 12.6. The van der Waals surface area contributed by atoms with Crippen molar-refractivity contribution < 1.29 is 14.4 Å². The van der Waals surface area contributed by atoms with Gasteiger partial charge in [-0.05, 0) is 41.9 Å². The summed E-state index contributed by atoms with van der Waals surface area (Å²) < 4.78 is 0. The van der Waals surface area contributed by atoms with Crippen LogP contribution in [0, 0.1) is 11.3 Å². The largest absolute Gasteiger partial charge is 0.323 e. The number of nitrogens with one attached hydrogen (secondary N) is 2. The average Bonchev–Trinajstić information content (AvgIpc) is 3.28. The number of anilines is 1. The Labute approximate surface area is 186 Å². The highest BCUT2D eigenvalue weighted by Gasteiger charge is 2.35. The highest BCUT2D eigenvalue weighted by molar-refractivity contribution is 7.80. The van der Waals surface area contributed by atoms with Gasteiger partial charge < -0.3 is 5.32 Å². The molecule has 2 heterocycles. The maximum Gasteiger partial charge on any atom is 0.261 e. The maximum atomic E-state index is 12.6. The van der Waals surface area contributed by atoms with Gasteiger partial charge in [0.15, 0.2) is 5.11 Å².